The van der Waals surface area contributed by atoms with Crippen LogP contribution in [0.25, 0.3) is 22.2 Å². The van der Waals surface area contributed by atoms with Crippen LogP contribution < -0.4 is 4.74 Å². The van der Waals surface area contributed by atoms with E-state index in [0.29, 0.717) is 0 Å². The first kappa shape index (κ1) is 22.9. The fraction of sp³-hybridized carbons (Fsp3) is 0.219. The van der Waals surface area contributed by atoms with E-state index in [-0.39, 0.29) is 0 Å². The van der Waals surface area contributed by atoms with E-state index < -0.39 is 0 Å². The van der Waals surface area contributed by atoms with Crippen molar-refractivity contribution >= 4 is 11.0 Å². The lowest BCUT2D eigenvalue weighted by molar-refractivity contribution is 0.303. The predicted molar refractivity (Wildman–Crippen MR) is 145 cm³/mol. The third-order valence-corrected chi connectivity index (χ3v) is 6.68. The lowest BCUT2D eigenvalue weighted by atomic mass is 10.0. The third-order valence-electron chi connectivity index (χ3n) is 6.68. The molecule has 5 rings (SSSR count). The van der Waals surface area contributed by atoms with Gasteiger partial charge in [-0.25, -0.2) is 4.98 Å². The van der Waals surface area contributed by atoms with E-state index in [1.165, 1.54) is 33.3 Å². The smallest absolute Gasteiger partial charge is 0.119 e. The molecular weight excluding hydrogens is 428 g/mol. The normalized spacial score (nSPS) is 11.1. The zero-order valence-corrected chi connectivity index (χ0v) is 20.6. The molecular formula is C32H32N2O. The van der Waals surface area contributed by atoms with Gasteiger partial charge in [-0.1, -0.05) is 72.8 Å². The number of rotatable bonds is 9. The molecule has 176 valence electrons. The summed E-state index contributed by atoms with van der Waals surface area (Å²) in [5.41, 5.74) is 8.61. The van der Waals surface area contributed by atoms with Crippen molar-refractivity contribution in [2.24, 2.45) is 0 Å². The second-order valence-electron chi connectivity index (χ2n) is 9.21. The van der Waals surface area contributed by atoms with Crippen molar-refractivity contribution in [1.82, 2.24) is 9.55 Å². The van der Waals surface area contributed by atoms with Crippen LogP contribution in [0, 0.1) is 13.8 Å². The summed E-state index contributed by atoms with van der Waals surface area (Å²) in [6.07, 6.45) is 2.87. The average molecular weight is 461 g/mol. The quantitative estimate of drug-likeness (QED) is 0.210. The number of fused-ring (bicyclic) bond motifs is 1. The number of imidazole rings is 1. The number of aryl methyl sites for hydroxylation is 3. The molecule has 4 aromatic carbocycles. The van der Waals surface area contributed by atoms with Crippen LogP contribution in [-0.2, 0) is 13.0 Å². The van der Waals surface area contributed by atoms with Crippen LogP contribution in [-0.4, -0.2) is 16.2 Å². The highest BCUT2D eigenvalue weighted by molar-refractivity contribution is 5.76. The van der Waals surface area contributed by atoms with E-state index in [9.17, 15) is 0 Å². The zero-order chi connectivity index (χ0) is 24.0. The van der Waals surface area contributed by atoms with Crippen molar-refractivity contribution in [1.29, 1.82) is 0 Å². The minimum absolute atomic E-state index is 0.728. The fourth-order valence-corrected chi connectivity index (χ4v) is 4.50. The summed E-state index contributed by atoms with van der Waals surface area (Å²) in [6, 6.07) is 34.2. The van der Waals surface area contributed by atoms with Gasteiger partial charge in [0.2, 0.25) is 0 Å². The molecule has 0 amide bonds. The number of nitrogens with zero attached hydrogens (tertiary/aromatic N) is 2. The van der Waals surface area contributed by atoms with Crippen LogP contribution in [0.15, 0.2) is 97.1 Å². The predicted octanol–water partition coefficient (Wildman–Crippen LogP) is 7.77. The Balaban J connectivity index is 1.25. The van der Waals surface area contributed by atoms with Crippen molar-refractivity contribution in [3.63, 3.8) is 0 Å². The SMILES string of the molecule is Cc1ccc(OCCCCn2c(Cc3ccc(-c4ccccc4)cc3)nc3ccccc32)cc1C. The number of hydrogen-bond acceptors (Lipinski definition) is 2. The maximum absolute atomic E-state index is 6.00. The highest BCUT2D eigenvalue weighted by Gasteiger charge is 2.11. The molecule has 0 saturated heterocycles. The third kappa shape index (κ3) is 5.46. The molecule has 0 atom stereocenters. The Labute approximate surface area is 208 Å². The van der Waals surface area contributed by atoms with Gasteiger partial charge < -0.3 is 9.30 Å². The van der Waals surface area contributed by atoms with E-state index in [4.69, 9.17) is 9.72 Å². The van der Waals surface area contributed by atoms with E-state index in [2.05, 4.69) is 115 Å². The van der Waals surface area contributed by atoms with Crippen molar-refractivity contribution in [2.75, 3.05) is 6.61 Å². The van der Waals surface area contributed by atoms with Gasteiger partial charge in [-0.05, 0) is 78.8 Å². The van der Waals surface area contributed by atoms with Crippen LogP contribution in [0.4, 0.5) is 0 Å². The fourth-order valence-electron chi connectivity index (χ4n) is 4.50. The van der Waals surface area contributed by atoms with Crippen molar-refractivity contribution in [2.45, 2.75) is 39.7 Å². The highest BCUT2D eigenvalue weighted by atomic mass is 16.5. The summed E-state index contributed by atoms with van der Waals surface area (Å²) >= 11 is 0. The highest BCUT2D eigenvalue weighted by Crippen LogP contribution is 2.23. The Kier molecular flexibility index (Phi) is 6.94. The summed E-state index contributed by atoms with van der Waals surface area (Å²) in [4.78, 5) is 4.98. The monoisotopic (exact) mass is 460 g/mol. The topological polar surface area (TPSA) is 27.1 Å². The van der Waals surface area contributed by atoms with E-state index in [1.807, 2.05) is 0 Å². The lowest BCUT2D eigenvalue weighted by Gasteiger charge is -2.11. The Morgan fingerprint density at radius 2 is 1.46 bits per heavy atom. The summed E-state index contributed by atoms with van der Waals surface area (Å²) in [6.45, 7) is 5.92. The Morgan fingerprint density at radius 1 is 0.714 bits per heavy atom. The molecule has 0 N–H and O–H groups in total. The molecule has 0 aliphatic rings. The average Bonchev–Trinajstić information content (AvgIpc) is 3.24. The van der Waals surface area contributed by atoms with Crippen LogP contribution in [0.1, 0.15) is 35.4 Å². The van der Waals surface area contributed by atoms with Crippen LogP contribution in [0.3, 0.4) is 0 Å². The van der Waals surface area contributed by atoms with Gasteiger partial charge in [-0.3, -0.25) is 0 Å². The van der Waals surface area contributed by atoms with Gasteiger partial charge in [0, 0.05) is 13.0 Å². The molecule has 3 heteroatoms. The number of aromatic nitrogens is 2. The van der Waals surface area contributed by atoms with Gasteiger partial charge in [0.25, 0.3) is 0 Å². The van der Waals surface area contributed by atoms with Crippen molar-refractivity contribution in [3.05, 3.63) is 120 Å². The van der Waals surface area contributed by atoms with Gasteiger partial charge in [-0.15, -0.1) is 0 Å². The van der Waals surface area contributed by atoms with Crippen molar-refractivity contribution < 1.29 is 4.74 Å². The first-order chi connectivity index (χ1) is 17.2. The molecule has 1 aromatic heterocycles. The molecule has 0 spiro atoms. The Morgan fingerprint density at radius 3 is 2.26 bits per heavy atom. The van der Waals surface area contributed by atoms with Crippen LogP contribution in [0.5, 0.6) is 5.75 Å². The second-order valence-corrected chi connectivity index (χ2v) is 9.21. The molecule has 0 bridgehead atoms. The molecule has 0 unspecified atom stereocenters. The summed E-state index contributed by atoms with van der Waals surface area (Å²) in [5, 5.41) is 0. The molecule has 0 saturated carbocycles. The number of benzene rings is 4. The van der Waals surface area contributed by atoms with E-state index in [1.54, 1.807) is 0 Å². The van der Waals surface area contributed by atoms with Gasteiger partial charge in [0.1, 0.15) is 11.6 Å². The van der Waals surface area contributed by atoms with Gasteiger partial charge >= 0.3 is 0 Å². The van der Waals surface area contributed by atoms with E-state index in [0.717, 1.165) is 49.5 Å². The number of ether oxygens (including phenoxy) is 1. The molecule has 5 aromatic rings. The van der Waals surface area contributed by atoms with E-state index >= 15 is 0 Å². The molecule has 35 heavy (non-hydrogen) atoms. The Hall–Kier alpha value is -3.85. The van der Waals surface area contributed by atoms with Gasteiger partial charge in [0.15, 0.2) is 0 Å². The lowest BCUT2D eigenvalue weighted by Crippen LogP contribution is -2.07. The molecule has 0 radical (unpaired) electrons. The maximum Gasteiger partial charge on any atom is 0.119 e. The molecule has 1 heterocycles. The maximum atomic E-state index is 6.00. The molecule has 0 aliphatic heterocycles. The molecule has 3 nitrogen and oxygen atoms in total. The number of hydrogen-bond donors (Lipinski definition) is 0. The standard InChI is InChI=1S/C32H32N2O/c1-24-14-19-29(22-25(24)2)35-21-9-8-20-34-31-13-7-6-12-30(31)33-32(34)23-26-15-17-28(18-16-26)27-10-4-3-5-11-27/h3-7,10-19,22H,8-9,20-21,23H2,1-2H3. The number of unbranched alkanes of at least 4 members (excludes halogenated alkanes) is 1. The van der Waals surface area contributed by atoms with Gasteiger partial charge in [-0.2, -0.15) is 0 Å². The largest absolute Gasteiger partial charge is 0.494 e. The first-order valence-corrected chi connectivity index (χ1v) is 12.5. The van der Waals surface area contributed by atoms with Crippen LogP contribution >= 0.6 is 0 Å². The summed E-state index contributed by atoms with van der Waals surface area (Å²) in [5.74, 6) is 2.08. The first-order valence-electron chi connectivity index (χ1n) is 12.5. The minimum Gasteiger partial charge on any atom is -0.494 e. The molecule has 0 fully saturated rings. The van der Waals surface area contributed by atoms with Crippen molar-refractivity contribution in [3.8, 4) is 16.9 Å². The van der Waals surface area contributed by atoms with Crippen LogP contribution in [0.2, 0.25) is 0 Å². The summed E-state index contributed by atoms with van der Waals surface area (Å²) < 4.78 is 8.38. The number of para-hydroxylation sites is 2. The zero-order valence-electron chi connectivity index (χ0n) is 20.6. The molecule has 0 aliphatic carbocycles. The Bertz CT molecular complexity index is 1400. The summed E-state index contributed by atoms with van der Waals surface area (Å²) in [7, 11) is 0. The minimum atomic E-state index is 0.728. The van der Waals surface area contributed by atoms with Gasteiger partial charge in [0.05, 0.1) is 17.6 Å². The second kappa shape index (κ2) is 10.6.